The molecule has 4 atom stereocenters. The van der Waals surface area contributed by atoms with Gasteiger partial charge in [-0.15, -0.1) is 0 Å². The summed E-state index contributed by atoms with van der Waals surface area (Å²) in [6.07, 6.45) is 6.89. The molecule has 0 aliphatic heterocycles. The van der Waals surface area contributed by atoms with E-state index >= 15 is 0 Å². The molecular formula is C19H28O5. The fourth-order valence-electron chi connectivity index (χ4n) is 6.89. The summed E-state index contributed by atoms with van der Waals surface area (Å²) in [5.74, 6) is -0.500. The lowest BCUT2D eigenvalue weighted by Crippen LogP contribution is -2.63. The van der Waals surface area contributed by atoms with E-state index in [0.717, 1.165) is 25.7 Å². The lowest BCUT2D eigenvalue weighted by molar-refractivity contribution is -0.210. The zero-order chi connectivity index (χ0) is 17.8. The van der Waals surface area contributed by atoms with Crippen molar-refractivity contribution in [2.45, 2.75) is 52.4 Å². The minimum absolute atomic E-state index is 0.0153. The van der Waals surface area contributed by atoms with Crippen LogP contribution < -0.4 is 0 Å². The Morgan fingerprint density at radius 3 is 2.33 bits per heavy atom. The van der Waals surface area contributed by atoms with Crippen LogP contribution in [-0.4, -0.2) is 37.9 Å². The highest BCUT2D eigenvalue weighted by Crippen LogP contribution is 2.74. The molecule has 4 aliphatic rings. The fraction of sp³-hybridized carbons (Fsp3) is 0.789. The summed E-state index contributed by atoms with van der Waals surface area (Å²) in [6, 6.07) is 0. The molecule has 4 bridgehead atoms. The number of carbonyl (C=O) groups is 2. The molecule has 5 heteroatoms. The molecule has 4 rings (SSSR count). The van der Waals surface area contributed by atoms with Crippen molar-refractivity contribution >= 4 is 11.9 Å². The number of hydrogen-bond acceptors (Lipinski definition) is 5. The number of allylic oxidation sites excluding steroid dienone is 1. The molecular weight excluding hydrogens is 308 g/mol. The molecule has 24 heavy (non-hydrogen) atoms. The van der Waals surface area contributed by atoms with Crippen molar-refractivity contribution in [3.63, 3.8) is 0 Å². The van der Waals surface area contributed by atoms with Crippen molar-refractivity contribution in [3.8, 4) is 0 Å². The van der Waals surface area contributed by atoms with Gasteiger partial charge < -0.3 is 14.6 Å². The van der Waals surface area contributed by atoms with Crippen LogP contribution in [0.4, 0.5) is 0 Å². The number of hydrogen-bond donors (Lipinski definition) is 1. The molecule has 134 valence electrons. The summed E-state index contributed by atoms with van der Waals surface area (Å²) in [5.41, 5.74) is -0.494. The number of carbonyl (C=O) groups excluding carboxylic acids is 2. The van der Waals surface area contributed by atoms with Gasteiger partial charge in [-0.25, -0.2) is 4.79 Å². The first-order valence-corrected chi connectivity index (χ1v) is 8.62. The fourth-order valence-corrected chi connectivity index (χ4v) is 6.89. The van der Waals surface area contributed by atoms with E-state index < -0.39 is 5.41 Å². The molecule has 0 amide bonds. The van der Waals surface area contributed by atoms with Crippen LogP contribution in [0.15, 0.2) is 11.6 Å². The third-order valence-electron chi connectivity index (χ3n) is 6.46. The maximum absolute atomic E-state index is 12.7. The van der Waals surface area contributed by atoms with Crippen LogP contribution in [0.5, 0.6) is 0 Å². The van der Waals surface area contributed by atoms with Crippen LogP contribution in [0, 0.1) is 21.7 Å². The van der Waals surface area contributed by atoms with Crippen LogP contribution in [0.3, 0.4) is 0 Å². The Labute approximate surface area is 143 Å². The minimum atomic E-state index is -0.548. The molecule has 4 unspecified atom stereocenters. The zero-order valence-electron chi connectivity index (χ0n) is 15.1. The second-order valence-corrected chi connectivity index (χ2v) is 8.98. The molecule has 4 saturated carbocycles. The van der Waals surface area contributed by atoms with Gasteiger partial charge in [0.15, 0.2) is 0 Å². The minimum Gasteiger partial charge on any atom is -0.469 e. The first-order chi connectivity index (χ1) is 11.1. The van der Waals surface area contributed by atoms with Gasteiger partial charge in [0.25, 0.3) is 0 Å². The van der Waals surface area contributed by atoms with E-state index in [9.17, 15) is 14.7 Å². The van der Waals surface area contributed by atoms with Crippen molar-refractivity contribution < 1.29 is 24.2 Å². The first kappa shape index (κ1) is 17.5. The summed E-state index contributed by atoms with van der Waals surface area (Å²) in [7, 11) is 2.82. The molecule has 5 nitrogen and oxygen atoms in total. The van der Waals surface area contributed by atoms with E-state index in [0.29, 0.717) is 18.4 Å². The maximum atomic E-state index is 12.7. The van der Waals surface area contributed by atoms with Gasteiger partial charge in [0, 0.05) is 12.2 Å². The number of ether oxygens (including phenoxy) is 2. The summed E-state index contributed by atoms with van der Waals surface area (Å²) in [6.45, 7) is 4.06. The normalized spacial score (nSPS) is 43.6. The van der Waals surface area contributed by atoms with Gasteiger partial charge in [0.05, 0.1) is 19.6 Å². The molecule has 1 N–H and O–H groups in total. The molecule has 0 heterocycles. The van der Waals surface area contributed by atoms with Gasteiger partial charge in [-0.1, -0.05) is 13.0 Å². The lowest BCUT2D eigenvalue weighted by atomic mass is 9.35. The predicted molar refractivity (Wildman–Crippen MR) is 88.0 cm³/mol. The van der Waals surface area contributed by atoms with Gasteiger partial charge in [-0.2, -0.15) is 0 Å². The average Bonchev–Trinajstić information content (AvgIpc) is 2.50. The Morgan fingerprint density at radius 2 is 1.75 bits per heavy atom. The van der Waals surface area contributed by atoms with E-state index in [1.165, 1.54) is 14.2 Å². The standard InChI is InChI=1S/C19H28O5/c1-13(14(21)23-3)5-17-6-16(2)7-18(9-17,12-20)11-19(8-16,10-17)15(22)24-4/h5,20H,6-12H2,1-4H3/b13-5+. The number of esters is 2. The number of aliphatic hydroxyl groups excluding tert-OH is 1. The van der Waals surface area contributed by atoms with E-state index in [4.69, 9.17) is 9.47 Å². The highest BCUT2D eigenvalue weighted by Gasteiger charge is 2.68. The van der Waals surface area contributed by atoms with Gasteiger partial charge in [0.1, 0.15) is 0 Å². The number of aliphatic hydroxyl groups is 1. The van der Waals surface area contributed by atoms with Crippen LogP contribution in [-0.2, 0) is 19.1 Å². The number of rotatable bonds is 4. The topological polar surface area (TPSA) is 72.8 Å². The van der Waals surface area contributed by atoms with Crippen LogP contribution >= 0.6 is 0 Å². The summed E-state index contributed by atoms with van der Waals surface area (Å²) in [5, 5.41) is 10.2. The smallest absolute Gasteiger partial charge is 0.333 e. The van der Waals surface area contributed by atoms with Gasteiger partial charge >= 0.3 is 11.9 Å². The second-order valence-electron chi connectivity index (χ2n) is 8.98. The molecule has 0 aromatic heterocycles. The molecule has 0 spiro atoms. The van der Waals surface area contributed by atoms with E-state index in [2.05, 4.69) is 6.92 Å². The van der Waals surface area contributed by atoms with Gasteiger partial charge in [-0.3, -0.25) is 4.79 Å². The van der Waals surface area contributed by atoms with E-state index in [-0.39, 0.29) is 34.8 Å². The van der Waals surface area contributed by atoms with Crippen molar-refractivity contribution in [1.82, 2.24) is 0 Å². The Morgan fingerprint density at radius 1 is 1.04 bits per heavy atom. The Bertz CT molecular complexity index is 611. The lowest BCUT2D eigenvalue weighted by Gasteiger charge is -2.68. The van der Waals surface area contributed by atoms with Gasteiger partial charge in [0.2, 0.25) is 0 Å². The molecule has 4 fully saturated rings. The monoisotopic (exact) mass is 336 g/mol. The zero-order valence-corrected chi connectivity index (χ0v) is 15.1. The Hall–Kier alpha value is -1.36. The summed E-state index contributed by atoms with van der Waals surface area (Å²) >= 11 is 0. The van der Waals surface area contributed by atoms with Crippen molar-refractivity contribution in [1.29, 1.82) is 0 Å². The Kier molecular flexibility index (Phi) is 3.87. The van der Waals surface area contributed by atoms with Gasteiger partial charge in [-0.05, 0) is 61.7 Å². The summed E-state index contributed by atoms with van der Waals surface area (Å²) in [4.78, 5) is 24.6. The average molecular weight is 336 g/mol. The van der Waals surface area contributed by atoms with Crippen molar-refractivity contribution in [2.75, 3.05) is 20.8 Å². The largest absolute Gasteiger partial charge is 0.469 e. The van der Waals surface area contributed by atoms with E-state index in [1.807, 2.05) is 6.08 Å². The predicted octanol–water partition coefficient (Wildman–Crippen LogP) is 2.62. The Balaban J connectivity index is 2.09. The van der Waals surface area contributed by atoms with Crippen LogP contribution in [0.1, 0.15) is 52.4 Å². The third kappa shape index (κ3) is 2.48. The third-order valence-corrected chi connectivity index (χ3v) is 6.46. The molecule has 4 aliphatic carbocycles. The molecule has 0 aromatic rings. The highest BCUT2D eigenvalue weighted by atomic mass is 16.5. The van der Waals surface area contributed by atoms with Crippen molar-refractivity contribution in [3.05, 3.63) is 11.6 Å². The summed E-state index contributed by atoms with van der Waals surface area (Å²) < 4.78 is 10.0. The molecule has 0 radical (unpaired) electrons. The second kappa shape index (κ2) is 5.32. The number of methoxy groups -OCH3 is 2. The SMILES string of the molecule is COC(=O)/C(C)=C/C12CC3(C)CC(CO)(C1)CC(C(=O)OC)(C3)C2. The first-order valence-electron chi connectivity index (χ1n) is 8.62. The van der Waals surface area contributed by atoms with Crippen LogP contribution in [0.2, 0.25) is 0 Å². The van der Waals surface area contributed by atoms with E-state index in [1.54, 1.807) is 6.92 Å². The highest BCUT2D eigenvalue weighted by molar-refractivity contribution is 5.87. The van der Waals surface area contributed by atoms with Crippen LogP contribution in [0.25, 0.3) is 0 Å². The molecule has 0 saturated heterocycles. The van der Waals surface area contributed by atoms with Crippen molar-refractivity contribution in [2.24, 2.45) is 21.7 Å². The molecule has 0 aromatic carbocycles. The maximum Gasteiger partial charge on any atom is 0.333 e. The quantitative estimate of drug-likeness (QED) is 0.631.